The van der Waals surface area contributed by atoms with Crippen molar-refractivity contribution in [3.05, 3.63) is 40.6 Å². The first kappa shape index (κ1) is 12.4. The molecule has 3 nitrogen and oxygen atoms in total. The summed E-state index contributed by atoms with van der Waals surface area (Å²) in [5, 5.41) is 7.60. The van der Waals surface area contributed by atoms with E-state index < -0.39 is 0 Å². The van der Waals surface area contributed by atoms with Gasteiger partial charge >= 0.3 is 0 Å². The molecule has 1 aromatic heterocycles. The number of benzene rings is 1. The zero-order valence-corrected chi connectivity index (χ0v) is 11.5. The topological polar surface area (TPSA) is 54.7 Å². The van der Waals surface area contributed by atoms with Crippen LogP contribution in [0.15, 0.2) is 18.2 Å². The summed E-state index contributed by atoms with van der Waals surface area (Å²) < 4.78 is 0. The van der Waals surface area contributed by atoms with Crippen molar-refractivity contribution >= 4 is 0 Å². The second kappa shape index (κ2) is 5.17. The highest BCUT2D eigenvalue weighted by Gasteiger charge is 2.14. The Hall–Kier alpha value is -1.61. The molecule has 0 fully saturated rings. The van der Waals surface area contributed by atoms with Gasteiger partial charge < -0.3 is 5.73 Å². The largest absolute Gasteiger partial charge is 0.330 e. The maximum absolute atomic E-state index is 5.62. The number of aryl methyl sites for hydroxylation is 2. The van der Waals surface area contributed by atoms with Gasteiger partial charge in [0.05, 0.1) is 5.69 Å². The molecule has 0 saturated carbocycles. The molecule has 3 N–H and O–H groups in total. The fourth-order valence-electron chi connectivity index (χ4n) is 2.98. The first-order valence-electron chi connectivity index (χ1n) is 7.15. The minimum Gasteiger partial charge on any atom is -0.330 e. The summed E-state index contributed by atoms with van der Waals surface area (Å²) in [4.78, 5) is 0. The summed E-state index contributed by atoms with van der Waals surface area (Å²) in [6.45, 7) is 2.79. The standard InChI is InChI=1S/C16H21N3/c1-11-15(8-9-17)18-19-16(11)14-7-6-12-4-2-3-5-13(12)10-14/h6-7,10H,2-5,8-9,17H2,1H3,(H,18,19). The maximum atomic E-state index is 5.62. The number of H-pyrrole nitrogens is 1. The molecule has 100 valence electrons. The van der Waals surface area contributed by atoms with Crippen LogP contribution >= 0.6 is 0 Å². The van der Waals surface area contributed by atoms with Gasteiger partial charge in [0, 0.05) is 17.7 Å². The van der Waals surface area contributed by atoms with Gasteiger partial charge in [0.1, 0.15) is 0 Å². The average Bonchev–Trinajstić information content (AvgIpc) is 2.80. The molecule has 0 unspecified atom stereocenters. The normalized spacial score (nSPS) is 14.4. The molecule has 0 bridgehead atoms. The number of nitrogens with zero attached hydrogens (tertiary/aromatic N) is 1. The van der Waals surface area contributed by atoms with Gasteiger partial charge in [-0.2, -0.15) is 5.10 Å². The summed E-state index contributed by atoms with van der Waals surface area (Å²) in [5.74, 6) is 0. The van der Waals surface area contributed by atoms with Crippen molar-refractivity contribution < 1.29 is 0 Å². The van der Waals surface area contributed by atoms with Crippen molar-refractivity contribution in [2.45, 2.75) is 39.0 Å². The van der Waals surface area contributed by atoms with E-state index >= 15 is 0 Å². The van der Waals surface area contributed by atoms with Crippen LogP contribution in [0.2, 0.25) is 0 Å². The zero-order chi connectivity index (χ0) is 13.2. The summed E-state index contributed by atoms with van der Waals surface area (Å²) in [6.07, 6.45) is 5.95. The number of aromatic nitrogens is 2. The molecule has 1 heterocycles. The summed E-state index contributed by atoms with van der Waals surface area (Å²) in [5.41, 5.74) is 13.4. The fourth-order valence-corrected chi connectivity index (χ4v) is 2.98. The Balaban J connectivity index is 1.98. The van der Waals surface area contributed by atoms with E-state index in [-0.39, 0.29) is 0 Å². The molecule has 0 amide bonds. The number of hydrogen-bond acceptors (Lipinski definition) is 2. The molecule has 0 radical (unpaired) electrons. The van der Waals surface area contributed by atoms with E-state index in [2.05, 4.69) is 35.3 Å². The predicted molar refractivity (Wildman–Crippen MR) is 78.2 cm³/mol. The molecule has 1 aromatic carbocycles. The molecule has 0 aliphatic heterocycles. The lowest BCUT2D eigenvalue weighted by Crippen LogP contribution is -2.04. The number of fused-ring (bicyclic) bond motifs is 1. The second-order valence-corrected chi connectivity index (χ2v) is 5.41. The Morgan fingerprint density at radius 3 is 2.79 bits per heavy atom. The highest BCUT2D eigenvalue weighted by Crippen LogP contribution is 2.29. The smallest absolute Gasteiger partial charge is 0.0952 e. The lowest BCUT2D eigenvalue weighted by atomic mass is 9.89. The van der Waals surface area contributed by atoms with Gasteiger partial charge in [0.25, 0.3) is 0 Å². The van der Waals surface area contributed by atoms with E-state index in [1.54, 1.807) is 0 Å². The molecular weight excluding hydrogens is 234 g/mol. The molecule has 3 heteroatoms. The molecule has 0 atom stereocenters. The van der Waals surface area contributed by atoms with Crippen molar-refractivity contribution in [2.24, 2.45) is 5.73 Å². The van der Waals surface area contributed by atoms with Crippen LogP contribution in [0, 0.1) is 6.92 Å². The fraction of sp³-hybridized carbons (Fsp3) is 0.438. The van der Waals surface area contributed by atoms with Crippen molar-refractivity contribution in [1.82, 2.24) is 10.2 Å². The third kappa shape index (κ3) is 2.30. The van der Waals surface area contributed by atoms with E-state index in [4.69, 9.17) is 5.73 Å². The van der Waals surface area contributed by atoms with Gasteiger partial charge in [-0.1, -0.05) is 12.1 Å². The maximum Gasteiger partial charge on any atom is 0.0952 e. The van der Waals surface area contributed by atoms with Gasteiger partial charge in [-0.15, -0.1) is 0 Å². The molecule has 19 heavy (non-hydrogen) atoms. The van der Waals surface area contributed by atoms with Crippen LogP contribution in [0.25, 0.3) is 11.3 Å². The van der Waals surface area contributed by atoms with Gasteiger partial charge in [-0.3, -0.25) is 5.10 Å². The van der Waals surface area contributed by atoms with Gasteiger partial charge in [-0.05, 0) is 61.9 Å². The van der Waals surface area contributed by atoms with Gasteiger partial charge in [0.15, 0.2) is 0 Å². The first-order valence-corrected chi connectivity index (χ1v) is 7.15. The number of rotatable bonds is 3. The Morgan fingerprint density at radius 1 is 1.21 bits per heavy atom. The Bertz CT molecular complexity index is 584. The van der Waals surface area contributed by atoms with E-state index in [1.165, 1.54) is 47.9 Å². The Morgan fingerprint density at radius 2 is 2.00 bits per heavy atom. The van der Waals surface area contributed by atoms with Crippen molar-refractivity contribution in [3.8, 4) is 11.3 Å². The average molecular weight is 255 g/mol. The summed E-state index contributed by atoms with van der Waals surface area (Å²) >= 11 is 0. The van der Waals surface area contributed by atoms with Crippen molar-refractivity contribution in [1.29, 1.82) is 0 Å². The van der Waals surface area contributed by atoms with E-state index in [0.717, 1.165) is 17.8 Å². The van der Waals surface area contributed by atoms with Crippen molar-refractivity contribution in [2.75, 3.05) is 6.54 Å². The third-order valence-electron chi connectivity index (χ3n) is 4.13. The molecule has 2 aromatic rings. The van der Waals surface area contributed by atoms with Crippen molar-refractivity contribution in [3.63, 3.8) is 0 Å². The van der Waals surface area contributed by atoms with E-state index in [9.17, 15) is 0 Å². The van der Waals surface area contributed by atoms with E-state index in [0.29, 0.717) is 6.54 Å². The molecule has 3 rings (SSSR count). The summed E-state index contributed by atoms with van der Waals surface area (Å²) in [7, 11) is 0. The van der Waals surface area contributed by atoms with Crippen LogP contribution in [0.5, 0.6) is 0 Å². The van der Waals surface area contributed by atoms with Crippen LogP contribution in [-0.2, 0) is 19.3 Å². The highest BCUT2D eigenvalue weighted by molar-refractivity contribution is 5.65. The lowest BCUT2D eigenvalue weighted by Gasteiger charge is -2.16. The molecule has 1 aliphatic carbocycles. The number of hydrogen-bond donors (Lipinski definition) is 2. The highest BCUT2D eigenvalue weighted by atomic mass is 15.1. The van der Waals surface area contributed by atoms with Crippen LogP contribution in [-0.4, -0.2) is 16.7 Å². The van der Waals surface area contributed by atoms with Gasteiger partial charge in [0.2, 0.25) is 0 Å². The molecule has 1 aliphatic rings. The van der Waals surface area contributed by atoms with Gasteiger partial charge in [-0.25, -0.2) is 0 Å². The van der Waals surface area contributed by atoms with Crippen LogP contribution in [0.4, 0.5) is 0 Å². The first-order chi connectivity index (χ1) is 9.29. The predicted octanol–water partition coefficient (Wildman–Crippen LogP) is 2.77. The number of nitrogens with two attached hydrogens (primary N) is 1. The number of aromatic amines is 1. The quantitative estimate of drug-likeness (QED) is 0.886. The van der Waals surface area contributed by atoms with E-state index in [1.807, 2.05) is 0 Å². The van der Waals surface area contributed by atoms with Crippen LogP contribution in [0.3, 0.4) is 0 Å². The minimum atomic E-state index is 0.659. The SMILES string of the molecule is Cc1c(-c2ccc3c(c2)CCCC3)n[nH]c1CCN. The Kier molecular flexibility index (Phi) is 3.38. The minimum absolute atomic E-state index is 0.659. The third-order valence-corrected chi connectivity index (χ3v) is 4.13. The summed E-state index contributed by atoms with van der Waals surface area (Å²) in [6, 6.07) is 6.81. The molecular formula is C16H21N3. The Labute approximate surface area is 114 Å². The molecule has 0 saturated heterocycles. The molecule has 0 spiro atoms. The van der Waals surface area contributed by atoms with Crippen LogP contribution in [0.1, 0.15) is 35.2 Å². The second-order valence-electron chi connectivity index (χ2n) is 5.41. The monoisotopic (exact) mass is 255 g/mol. The van der Waals surface area contributed by atoms with Crippen LogP contribution < -0.4 is 5.73 Å². The number of nitrogens with one attached hydrogen (secondary N) is 1. The zero-order valence-electron chi connectivity index (χ0n) is 11.5. The lowest BCUT2D eigenvalue weighted by molar-refractivity contribution is 0.686.